The van der Waals surface area contributed by atoms with Gasteiger partial charge in [0.2, 0.25) is 0 Å². The third-order valence-corrected chi connectivity index (χ3v) is 3.46. The van der Waals surface area contributed by atoms with E-state index < -0.39 is 12.1 Å². The van der Waals surface area contributed by atoms with Crippen LogP contribution in [0.15, 0.2) is 24.3 Å². The van der Waals surface area contributed by atoms with Gasteiger partial charge in [-0.1, -0.05) is 12.8 Å². The van der Waals surface area contributed by atoms with Gasteiger partial charge in [-0.3, -0.25) is 4.79 Å². The Morgan fingerprint density at radius 2 is 1.80 bits per heavy atom. The summed E-state index contributed by atoms with van der Waals surface area (Å²) in [6.45, 7) is 0. The molecule has 1 aliphatic rings. The van der Waals surface area contributed by atoms with Gasteiger partial charge < -0.3 is 21.5 Å². The van der Waals surface area contributed by atoms with Crippen molar-refractivity contribution in [2.75, 3.05) is 5.32 Å². The van der Waals surface area contributed by atoms with Gasteiger partial charge >= 0.3 is 6.03 Å². The Morgan fingerprint density at radius 1 is 1.15 bits per heavy atom. The van der Waals surface area contributed by atoms with Crippen LogP contribution in [0.3, 0.4) is 0 Å². The van der Waals surface area contributed by atoms with Crippen molar-refractivity contribution in [3.05, 3.63) is 29.8 Å². The highest BCUT2D eigenvalue weighted by Crippen LogP contribution is 2.19. The highest BCUT2D eigenvalue weighted by Gasteiger charge is 2.24. The van der Waals surface area contributed by atoms with Gasteiger partial charge in [-0.15, -0.1) is 0 Å². The molecule has 108 valence electrons. The minimum Gasteiger partial charge on any atom is -0.391 e. The zero-order valence-corrected chi connectivity index (χ0v) is 11.1. The predicted molar refractivity (Wildman–Crippen MR) is 75.4 cm³/mol. The smallest absolute Gasteiger partial charge is 0.316 e. The standard InChI is InChI=1S/C14H19N3O3/c15-14(20)16-10-7-5-9(6-8-10)13(19)17-11-3-1-2-4-12(11)18/h5-8,11-12,18H,1-4H2,(H,17,19)(H3,15,16,20)/t11-,12-/m1/s1. The first kappa shape index (κ1) is 14.3. The molecular formula is C14H19N3O3. The first-order valence-electron chi connectivity index (χ1n) is 6.71. The van der Waals surface area contributed by atoms with Crippen LogP contribution in [0.4, 0.5) is 10.5 Å². The molecule has 6 heteroatoms. The van der Waals surface area contributed by atoms with E-state index in [-0.39, 0.29) is 11.9 Å². The molecule has 1 aromatic rings. The summed E-state index contributed by atoms with van der Waals surface area (Å²) in [7, 11) is 0. The molecule has 0 saturated heterocycles. The highest BCUT2D eigenvalue weighted by molar-refractivity contribution is 5.95. The number of urea groups is 1. The maximum absolute atomic E-state index is 12.1. The lowest BCUT2D eigenvalue weighted by Crippen LogP contribution is -2.45. The molecule has 1 fully saturated rings. The van der Waals surface area contributed by atoms with E-state index in [2.05, 4.69) is 10.6 Å². The molecule has 2 rings (SSSR count). The number of aliphatic hydroxyl groups is 1. The molecule has 0 unspecified atom stereocenters. The number of rotatable bonds is 3. The molecule has 2 atom stereocenters. The number of nitrogens with one attached hydrogen (secondary N) is 2. The lowest BCUT2D eigenvalue weighted by Gasteiger charge is -2.28. The second kappa shape index (κ2) is 6.38. The van der Waals surface area contributed by atoms with Gasteiger partial charge in [0.1, 0.15) is 0 Å². The summed E-state index contributed by atoms with van der Waals surface area (Å²) < 4.78 is 0. The van der Waals surface area contributed by atoms with Crippen molar-refractivity contribution in [1.29, 1.82) is 0 Å². The molecule has 1 aliphatic carbocycles. The number of primary amides is 1. The van der Waals surface area contributed by atoms with E-state index in [0.29, 0.717) is 11.3 Å². The molecule has 1 aromatic carbocycles. The van der Waals surface area contributed by atoms with Crippen molar-refractivity contribution in [3.63, 3.8) is 0 Å². The lowest BCUT2D eigenvalue weighted by molar-refractivity contribution is 0.0717. The summed E-state index contributed by atoms with van der Waals surface area (Å²) in [5.41, 5.74) is 6.02. The number of hydrogen-bond donors (Lipinski definition) is 4. The Morgan fingerprint density at radius 3 is 2.40 bits per heavy atom. The summed E-state index contributed by atoms with van der Waals surface area (Å²) >= 11 is 0. The van der Waals surface area contributed by atoms with Crippen LogP contribution in [0, 0.1) is 0 Å². The largest absolute Gasteiger partial charge is 0.391 e. The Kier molecular flexibility index (Phi) is 4.57. The van der Waals surface area contributed by atoms with Crippen LogP contribution in [-0.2, 0) is 0 Å². The SMILES string of the molecule is NC(=O)Nc1ccc(C(=O)N[C@@H]2CCCC[C@H]2O)cc1. The van der Waals surface area contributed by atoms with Gasteiger partial charge in [0, 0.05) is 11.3 Å². The van der Waals surface area contributed by atoms with Crippen LogP contribution in [0.25, 0.3) is 0 Å². The second-order valence-electron chi connectivity index (χ2n) is 5.00. The fraction of sp³-hybridized carbons (Fsp3) is 0.429. The maximum atomic E-state index is 12.1. The van der Waals surface area contributed by atoms with Crippen molar-refractivity contribution in [2.45, 2.75) is 37.8 Å². The van der Waals surface area contributed by atoms with Crippen molar-refractivity contribution in [3.8, 4) is 0 Å². The van der Waals surface area contributed by atoms with Gasteiger partial charge in [-0.2, -0.15) is 0 Å². The molecule has 0 bridgehead atoms. The van der Waals surface area contributed by atoms with E-state index in [0.717, 1.165) is 25.7 Å². The molecule has 20 heavy (non-hydrogen) atoms. The maximum Gasteiger partial charge on any atom is 0.316 e. The molecule has 5 N–H and O–H groups in total. The van der Waals surface area contributed by atoms with E-state index in [9.17, 15) is 14.7 Å². The average molecular weight is 277 g/mol. The van der Waals surface area contributed by atoms with E-state index in [1.54, 1.807) is 24.3 Å². The molecule has 0 heterocycles. The highest BCUT2D eigenvalue weighted by atomic mass is 16.3. The molecule has 0 aliphatic heterocycles. The fourth-order valence-corrected chi connectivity index (χ4v) is 2.38. The molecule has 0 spiro atoms. The van der Waals surface area contributed by atoms with Crippen LogP contribution in [-0.4, -0.2) is 29.2 Å². The Bertz CT molecular complexity index is 487. The zero-order valence-electron chi connectivity index (χ0n) is 11.1. The van der Waals surface area contributed by atoms with Crippen LogP contribution in [0.5, 0.6) is 0 Å². The predicted octanol–water partition coefficient (Wildman–Crippen LogP) is 1.21. The lowest BCUT2D eigenvalue weighted by atomic mass is 9.92. The van der Waals surface area contributed by atoms with Gasteiger partial charge in [0.05, 0.1) is 12.1 Å². The molecule has 3 amide bonds. The molecule has 6 nitrogen and oxygen atoms in total. The minimum atomic E-state index is -0.646. The van der Waals surface area contributed by atoms with Crippen molar-refractivity contribution in [2.24, 2.45) is 5.73 Å². The van der Waals surface area contributed by atoms with E-state index >= 15 is 0 Å². The van der Waals surface area contributed by atoms with Gasteiger partial charge in [-0.05, 0) is 37.1 Å². The monoisotopic (exact) mass is 277 g/mol. The van der Waals surface area contributed by atoms with Crippen LogP contribution in [0.2, 0.25) is 0 Å². The number of carbonyl (C=O) groups excluding carboxylic acids is 2. The normalized spacial score (nSPS) is 22.1. The van der Waals surface area contributed by atoms with Crippen molar-refractivity contribution < 1.29 is 14.7 Å². The van der Waals surface area contributed by atoms with E-state index in [1.807, 2.05) is 0 Å². The summed E-state index contributed by atoms with van der Waals surface area (Å²) in [6.07, 6.45) is 3.08. The zero-order chi connectivity index (χ0) is 14.5. The Labute approximate surface area is 117 Å². The Hall–Kier alpha value is -2.08. The van der Waals surface area contributed by atoms with Gasteiger partial charge in [0.15, 0.2) is 0 Å². The average Bonchev–Trinajstić information content (AvgIpc) is 2.41. The second-order valence-corrected chi connectivity index (χ2v) is 5.00. The van der Waals surface area contributed by atoms with Crippen molar-refractivity contribution >= 4 is 17.6 Å². The van der Waals surface area contributed by atoms with Crippen molar-refractivity contribution in [1.82, 2.24) is 5.32 Å². The number of anilines is 1. The summed E-state index contributed by atoms with van der Waals surface area (Å²) in [6, 6.07) is 5.60. The van der Waals surface area contributed by atoms with E-state index in [4.69, 9.17) is 5.73 Å². The number of carbonyl (C=O) groups is 2. The molecular weight excluding hydrogens is 258 g/mol. The van der Waals surface area contributed by atoms with Crippen LogP contribution in [0.1, 0.15) is 36.0 Å². The summed E-state index contributed by atoms with van der Waals surface area (Å²) in [5.74, 6) is -0.221. The summed E-state index contributed by atoms with van der Waals surface area (Å²) in [5, 5.41) is 15.1. The minimum absolute atomic E-state index is 0.181. The van der Waals surface area contributed by atoms with Crippen LogP contribution >= 0.6 is 0 Å². The Balaban J connectivity index is 1.96. The molecule has 1 saturated carbocycles. The van der Waals surface area contributed by atoms with E-state index in [1.165, 1.54) is 0 Å². The molecule has 0 aromatic heterocycles. The summed E-state index contributed by atoms with van der Waals surface area (Å²) in [4.78, 5) is 22.7. The third-order valence-electron chi connectivity index (χ3n) is 3.46. The number of amides is 3. The number of benzene rings is 1. The molecule has 0 radical (unpaired) electrons. The number of nitrogens with two attached hydrogens (primary N) is 1. The fourth-order valence-electron chi connectivity index (χ4n) is 2.38. The number of hydrogen-bond acceptors (Lipinski definition) is 3. The third kappa shape index (κ3) is 3.71. The van der Waals surface area contributed by atoms with Gasteiger partial charge in [0.25, 0.3) is 5.91 Å². The first-order chi connectivity index (χ1) is 9.56. The van der Waals surface area contributed by atoms with Crippen LogP contribution < -0.4 is 16.4 Å². The van der Waals surface area contributed by atoms with Gasteiger partial charge in [-0.25, -0.2) is 4.79 Å². The topological polar surface area (TPSA) is 104 Å². The number of aliphatic hydroxyl groups excluding tert-OH is 1. The quantitative estimate of drug-likeness (QED) is 0.667. The first-order valence-corrected chi connectivity index (χ1v) is 6.71.